The van der Waals surface area contributed by atoms with E-state index in [1.54, 1.807) is 21.9 Å². The predicted octanol–water partition coefficient (Wildman–Crippen LogP) is 1.23. The molecule has 0 bridgehead atoms. The van der Waals surface area contributed by atoms with Gasteiger partial charge in [-0.1, -0.05) is 13.8 Å². The van der Waals surface area contributed by atoms with Crippen molar-refractivity contribution in [2.45, 2.75) is 63.8 Å². The van der Waals surface area contributed by atoms with Gasteiger partial charge in [0, 0.05) is 37.5 Å². The van der Waals surface area contributed by atoms with E-state index in [0.717, 1.165) is 25.2 Å². The van der Waals surface area contributed by atoms with E-state index in [1.807, 2.05) is 26.0 Å². The number of fused-ring (bicyclic) bond motifs is 1. The lowest BCUT2D eigenvalue weighted by Gasteiger charge is -2.30. The van der Waals surface area contributed by atoms with Crippen LogP contribution in [0.15, 0.2) is 24.3 Å². The molecule has 0 radical (unpaired) electrons. The minimum Gasteiger partial charge on any atom is -0.378 e. The van der Waals surface area contributed by atoms with Gasteiger partial charge in [0.25, 0.3) is 11.8 Å². The normalized spacial score (nSPS) is 26.1. The van der Waals surface area contributed by atoms with Gasteiger partial charge in [-0.05, 0) is 55.9 Å². The van der Waals surface area contributed by atoms with Gasteiger partial charge in [0.15, 0.2) is 5.78 Å². The minimum absolute atomic E-state index is 0.00844. The van der Waals surface area contributed by atoms with Crippen LogP contribution in [-0.4, -0.2) is 104 Å². The number of anilines is 1. The quantitative estimate of drug-likeness (QED) is 0.569. The van der Waals surface area contributed by atoms with Crippen molar-refractivity contribution in [3.63, 3.8) is 0 Å². The summed E-state index contributed by atoms with van der Waals surface area (Å²) in [5.41, 5.74) is 1.51. The molecule has 10 nitrogen and oxygen atoms in total. The Morgan fingerprint density at radius 3 is 2.39 bits per heavy atom. The van der Waals surface area contributed by atoms with Gasteiger partial charge in [-0.2, -0.15) is 0 Å². The molecule has 5 rings (SSSR count). The zero-order valence-corrected chi connectivity index (χ0v) is 22.3. The Labute approximate surface area is 223 Å². The van der Waals surface area contributed by atoms with Crippen molar-refractivity contribution >= 4 is 29.2 Å². The number of nitrogens with one attached hydrogen (secondary N) is 1. The van der Waals surface area contributed by atoms with Gasteiger partial charge in [0.2, 0.25) is 5.91 Å². The fraction of sp³-hybridized carbons (Fsp3) is 0.643. The molecule has 4 saturated heterocycles. The van der Waals surface area contributed by atoms with Crippen LogP contribution in [0, 0.1) is 5.92 Å². The second-order valence-electron chi connectivity index (χ2n) is 11.1. The number of ketones is 1. The Kier molecular flexibility index (Phi) is 7.99. The van der Waals surface area contributed by atoms with Crippen molar-refractivity contribution in [1.29, 1.82) is 0 Å². The Balaban J connectivity index is 1.26. The first kappa shape index (κ1) is 26.6. The summed E-state index contributed by atoms with van der Waals surface area (Å²) in [6, 6.07) is 5.65. The molecule has 4 aliphatic heterocycles. The van der Waals surface area contributed by atoms with Crippen LogP contribution in [0.2, 0.25) is 0 Å². The van der Waals surface area contributed by atoms with Crippen LogP contribution in [0.4, 0.5) is 5.69 Å². The summed E-state index contributed by atoms with van der Waals surface area (Å²) in [5, 5.41) is 2.94. The zero-order chi connectivity index (χ0) is 26.8. The maximum atomic E-state index is 13.7. The average Bonchev–Trinajstić information content (AvgIpc) is 3.67. The number of benzene rings is 1. The van der Waals surface area contributed by atoms with E-state index in [-0.39, 0.29) is 42.0 Å². The number of morpholine rings is 1. The molecule has 10 heteroatoms. The van der Waals surface area contributed by atoms with Crippen LogP contribution in [-0.2, 0) is 23.9 Å². The first-order chi connectivity index (χ1) is 18.3. The lowest BCUT2D eigenvalue weighted by atomic mass is 10.0. The summed E-state index contributed by atoms with van der Waals surface area (Å²) < 4.78 is 11.0. The monoisotopic (exact) mass is 526 g/mol. The van der Waals surface area contributed by atoms with E-state index in [2.05, 4.69) is 10.2 Å². The highest BCUT2D eigenvalue weighted by Gasteiger charge is 2.53. The van der Waals surface area contributed by atoms with Gasteiger partial charge in [0.05, 0.1) is 25.8 Å². The molecule has 0 saturated carbocycles. The second-order valence-corrected chi connectivity index (χ2v) is 11.1. The number of amides is 3. The minimum atomic E-state index is -0.754. The lowest BCUT2D eigenvalue weighted by Crippen LogP contribution is -2.53. The highest BCUT2D eigenvalue weighted by Crippen LogP contribution is 2.32. The van der Waals surface area contributed by atoms with Crippen LogP contribution in [0.25, 0.3) is 0 Å². The van der Waals surface area contributed by atoms with E-state index in [1.165, 1.54) is 0 Å². The third-order valence-electron chi connectivity index (χ3n) is 8.01. The van der Waals surface area contributed by atoms with Crippen LogP contribution >= 0.6 is 0 Å². The fourth-order valence-electron chi connectivity index (χ4n) is 6.10. The summed E-state index contributed by atoms with van der Waals surface area (Å²) in [7, 11) is 0. The van der Waals surface area contributed by atoms with Crippen molar-refractivity contribution in [3.05, 3.63) is 29.8 Å². The Morgan fingerprint density at radius 2 is 1.74 bits per heavy atom. The third kappa shape index (κ3) is 5.42. The topological polar surface area (TPSA) is 108 Å². The van der Waals surface area contributed by atoms with Gasteiger partial charge in [-0.3, -0.25) is 19.2 Å². The van der Waals surface area contributed by atoms with Gasteiger partial charge in [-0.25, -0.2) is 0 Å². The number of carbonyl (C=O) groups is 4. The SMILES string of the molecule is CC(C)CC(NC(=O)c1ccc(N2CCOCC2)cc1)C(=O)N1CCC2C1C(=O)CN2C(=O)C1CCCO1. The molecule has 0 aromatic heterocycles. The molecule has 206 valence electrons. The van der Waals surface area contributed by atoms with Crippen molar-refractivity contribution in [1.82, 2.24) is 15.1 Å². The Hall–Kier alpha value is -2.98. The third-order valence-corrected chi connectivity index (χ3v) is 8.01. The highest BCUT2D eigenvalue weighted by molar-refractivity contribution is 6.01. The van der Waals surface area contributed by atoms with Crippen molar-refractivity contribution in [2.24, 2.45) is 5.92 Å². The molecule has 4 heterocycles. The van der Waals surface area contributed by atoms with E-state index in [4.69, 9.17) is 9.47 Å². The van der Waals surface area contributed by atoms with Gasteiger partial charge in [0.1, 0.15) is 18.2 Å². The number of carbonyl (C=O) groups excluding carboxylic acids is 4. The maximum Gasteiger partial charge on any atom is 0.252 e. The molecule has 0 aliphatic carbocycles. The van der Waals surface area contributed by atoms with E-state index in [9.17, 15) is 19.2 Å². The van der Waals surface area contributed by atoms with Crippen molar-refractivity contribution < 1.29 is 28.7 Å². The molecule has 1 aromatic carbocycles. The first-order valence-corrected chi connectivity index (χ1v) is 13.8. The second kappa shape index (κ2) is 11.4. The molecule has 3 amide bonds. The highest BCUT2D eigenvalue weighted by atomic mass is 16.5. The van der Waals surface area contributed by atoms with Crippen molar-refractivity contribution in [3.8, 4) is 0 Å². The van der Waals surface area contributed by atoms with E-state index >= 15 is 0 Å². The number of hydrogen-bond acceptors (Lipinski definition) is 7. The van der Waals surface area contributed by atoms with Crippen LogP contribution < -0.4 is 10.2 Å². The summed E-state index contributed by atoms with van der Waals surface area (Å²) in [4.78, 5) is 58.4. The summed E-state index contributed by atoms with van der Waals surface area (Å²) >= 11 is 0. The van der Waals surface area contributed by atoms with Gasteiger partial charge in [-0.15, -0.1) is 0 Å². The molecule has 1 N–H and O–H groups in total. The number of nitrogens with zero attached hydrogens (tertiary/aromatic N) is 3. The predicted molar refractivity (Wildman–Crippen MR) is 140 cm³/mol. The zero-order valence-electron chi connectivity index (χ0n) is 22.3. The Bertz CT molecular complexity index is 1050. The first-order valence-electron chi connectivity index (χ1n) is 13.8. The Morgan fingerprint density at radius 1 is 1.00 bits per heavy atom. The summed E-state index contributed by atoms with van der Waals surface area (Å²) in [6.45, 7) is 7.93. The van der Waals surface area contributed by atoms with Gasteiger partial charge >= 0.3 is 0 Å². The fourth-order valence-corrected chi connectivity index (χ4v) is 6.10. The van der Waals surface area contributed by atoms with E-state index in [0.29, 0.717) is 51.2 Å². The molecule has 0 spiro atoms. The van der Waals surface area contributed by atoms with Crippen LogP contribution in [0.5, 0.6) is 0 Å². The summed E-state index contributed by atoms with van der Waals surface area (Å²) in [6.07, 6.45) is 2.01. The number of Topliss-reactive ketones (excluding diaryl/α,β-unsaturated/α-hetero) is 1. The molecular formula is C28H38N4O6. The molecule has 4 aliphatic rings. The molecule has 1 aromatic rings. The molecule has 4 unspecified atom stereocenters. The number of hydrogen-bond donors (Lipinski definition) is 1. The average molecular weight is 527 g/mol. The number of likely N-dealkylation sites (tertiary alicyclic amines) is 2. The van der Waals surface area contributed by atoms with Gasteiger partial charge < -0.3 is 29.5 Å². The van der Waals surface area contributed by atoms with Crippen LogP contribution in [0.3, 0.4) is 0 Å². The number of ether oxygens (including phenoxy) is 2. The maximum absolute atomic E-state index is 13.7. The molecule has 4 fully saturated rings. The van der Waals surface area contributed by atoms with Crippen molar-refractivity contribution in [2.75, 3.05) is 50.9 Å². The summed E-state index contributed by atoms with van der Waals surface area (Å²) in [5.74, 6) is -0.695. The van der Waals surface area contributed by atoms with Crippen LogP contribution in [0.1, 0.15) is 49.9 Å². The molecule has 38 heavy (non-hydrogen) atoms. The lowest BCUT2D eigenvalue weighted by molar-refractivity contribution is -0.142. The standard InChI is InChI=1S/C28H38N4O6/c1-18(2)16-21(29-26(34)19-5-7-20(8-6-19)30-11-14-37-15-12-30)27(35)31-10-9-22-25(31)23(33)17-32(22)28(36)24-4-3-13-38-24/h5-8,18,21-22,24-25H,3-4,9-17H2,1-2H3,(H,29,34). The molecule has 4 atom stereocenters. The molecular weight excluding hydrogens is 488 g/mol. The van der Waals surface area contributed by atoms with E-state index < -0.39 is 18.2 Å². The number of rotatable bonds is 7. The smallest absolute Gasteiger partial charge is 0.252 e. The largest absolute Gasteiger partial charge is 0.378 e.